The summed E-state index contributed by atoms with van der Waals surface area (Å²) in [6, 6.07) is 7.93. The molecular weight excluding hydrogens is 354 g/mol. The quantitative estimate of drug-likeness (QED) is 0.714. The summed E-state index contributed by atoms with van der Waals surface area (Å²) in [5.41, 5.74) is 2.38. The van der Waals surface area contributed by atoms with Crippen LogP contribution in [0, 0.1) is 0 Å². The van der Waals surface area contributed by atoms with Crippen LogP contribution in [0.4, 0.5) is 0 Å². The van der Waals surface area contributed by atoms with Crippen LogP contribution in [-0.2, 0) is 19.4 Å². The molecule has 0 amide bonds. The van der Waals surface area contributed by atoms with E-state index < -0.39 is 0 Å². The van der Waals surface area contributed by atoms with E-state index in [9.17, 15) is 4.79 Å². The highest BCUT2D eigenvalue weighted by atomic mass is 35.5. The molecule has 0 radical (unpaired) electrons. The predicted molar refractivity (Wildman–Crippen MR) is 104 cm³/mol. The van der Waals surface area contributed by atoms with Crippen molar-refractivity contribution in [2.45, 2.75) is 45.2 Å². The van der Waals surface area contributed by atoms with Gasteiger partial charge in [-0.25, -0.2) is 4.98 Å². The minimum atomic E-state index is 0.000320. The summed E-state index contributed by atoms with van der Waals surface area (Å²) in [5.74, 6) is 0.692. The number of aromatic nitrogens is 2. The largest absolute Gasteiger partial charge is 0.309 e. The minimum Gasteiger partial charge on any atom is -0.309 e. The van der Waals surface area contributed by atoms with Gasteiger partial charge in [0.25, 0.3) is 5.56 Å². The first-order valence-corrected chi connectivity index (χ1v) is 9.83. The third kappa shape index (κ3) is 3.36. The van der Waals surface area contributed by atoms with Crippen LogP contribution in [0.2, 0.25) is 5.02 Å². The monoisotopic (exact) mass is 373 g/mol. The number of fused-ring (bicyclic) bond motifs is 3. The van der Waals surface area contributed by atoms with Crippen molar-refractivity contribution in [2.24, 2.45) is 0 Å². The molecule has 1 aliphatic carbocycles. The first kappa shape index (κ1) is 16.8. The smallest absolute Gasteiger partial charge is 0.259 e. The molecule has 0 fully saturated rings. The molecule has 1 aliphatic rings. The lowest BCUT2D eigenvalue weighted by Gasteiger charge is -2.14. The summed E-state index contributed by atoms with van der Waals surface area (Å²) in [5, 5.41) is 4.96. The van der Waals surface area contributed by atoms with E-state index >= 15 is 0 Å². The van der Waals surface area contributed by atoms with E-state index in [-0.39, 0.29) is 11.6 Å². The maximum Gasteiger partial charge on any atom is 0.259 e. The topological polar surface area (TPSA) is 57.8 Å². The molecule has 2 aromatic heterocycles. The van der Waals surface area contributed by atoms with Crippen LogP contribution >= 0.6 is 22.9 Å². The van der Waals surface area contributed by atoms with Crippen molar-refractivity contribution >= 4 is 33.2 Å². The second kappa shape index (κ2) is 6.90. The van der Waals surface area contributed by atoms with Crippen molar-refractivity contribution in [2.75, 3.05) is 0 Å². The van der Waals surface area contributed by atoms with E-state index in [1.165, 1.54) is 23.3 Å². The Balaban J connectivity index is 1.55. The maximum absolute atomic E-state index is 12.6. The van der Waals surface area contributed by atoms with E-state index in [1.54, 1.807) is 11.3 Å². The van der Waals surface area contributed by atoms with E-state index in [4.69, 9.17) is 16.6 Å². The normalized spacial score (nSPS) is 15.3. The number of aromatic amines is 1. The highest BCUT2D eigenvalue weighted by Crippen LogP contribution is 2.33. The fourth-order valence-corrected chi connectivity index (χ4v) is 4.82. The second-order valence-electron chi connectivity index (χ2n) is 6.56. The second-order valence-corrected chi connectivity index (χ2v) is 8.08. The summed E-state index contributed by atoms with van der Waals surface area (Å²) in [4.78, 5) is 22.4. The number of nitrogens with one attached hydrogen (secondary N) is 2. The van der Waals surface area contributed by atoms with Crippen LogP contribution in [0.3, 0.4) is 0 Å². The van der Waals surface area contributed by atoms with Crippen LogP contribution in [-0.4, -0.2) is 9.97 Å². The average molecular weight is 374 g/mol. The molecule has 0 unspecified atom stereocenters. The molecule has 0 aliphatic heterocycles. The zero-order chi connectivity index (χ0) is 17.4. The molecule has 4 rings (SSSR count). The molecule has 130 valence electrons. The van der Waals surface area contributed by atoms with Gasteiger partial charge < -0.3 is 10.3 Å². The van der Waals surface area contributed by atoms with Crippen LogP contribution < -0.4 is 10.9 Å². The molecule has 4 nitrogen and oxygen atoms in total. The summed E-state index contributed by atoms with van der Waals surface area (Å²) >= 11 is 7.62. The van der Waals surface area contributed by atoms with Gasteiger partial charge in [-0.3, -0.25) is 4.79 Å². The lowest BCUT2D eigenvalue weighted by molar-refractivity contribution is 0.559. The molecule has 1 atom stereocenters. The first-order chi connectivity index (χ1) is 12.1. The fourth-order valence-electron chi connectivity index (χ4n) is 3.41. The summed E-state index contributed by atoms with van der Waals surface area (Å²) in [7, 11) is 0. The van der Waals surface area contributed by atoms with Gasteiger partial charge in [-0.15, -0.1) is 11.3 Å². The number of hydrogen-bond acceptors (Lipinski definition) is 4. The number of thiophene rings is 1. The molecule has 0 spiro atoms. The van der Waals surface area contributed by atoms with Crippen molar-refractivity contribution in [3.05, 3.63) is 61.5 Å². The summed E-state index contributed by atoms with van der Waals surface area (Å²) in [6.07, 6.45) is 4.47. The zero-order valence-electron chi connectivity index (χ0n) is 14.1. The fraction of sp³-hybridized carbons (Fsp3) is 0.368. The van der Waals surface area contributed by atoms with Crippen molar-refractivity contribution in [1.82, 2.24) is 15.3 Å². The Labute approximate surface area is 155 Å². The highest BCUT2D eigenvalue weighted by molar-refractivity contribution is 7.18. The number of halogens is 1. The van der Waals surface area contributed by atoms with Crippen LogP contribution in [0.25, 0.3) is 10.2 Å². The number of rotatable bonds is 4. The molecule has 1 aromatic carbocycles. The van der Waals surface area contributed by atoms with Gasteiger partial charge in [0.1, 0.15) is 10.7 Å². The SMILES string of the molecule is C[C@@H](NCc1nc2sc3c(c2c(=O)[nH]1)CCCC3)c1ccc(Cl)cc1. The van der Waals surface area contributed by atoms with Crippen molar-refractivity contribution in [1.29, 1.82) is 0 Å². The molecule has 0 bridgehead atoms. The first-order valence-electron chi connectivity index (χ1n) is 8.64. The van der Waals surface area contributed by atoms with Gasteiger partial charge in [-0.05, 0) is 55.9 Å². The molecule has 3 aromatic rings. The van der Waals surface area contributed by atoms with Gasteiger partial charge in [0.15, 0.2) is 0 Å². The molecule has 6 heteroatoms. The molecule has 25 heavy (non-hydrogen) atoms. The predicted octanol–water partition coefficient (Wildman–Crippen LogP) is 4.37. The Morgan fingerprint density at radius 1 is 1.28 bits per heavy atom. The van der Waals surface area contributed by atoms with Gasteiger partial charge in [0.05, 0.1) is 11.9 Å². The van der Waals surface area contributed by atoms with E-state index in [1.807, 2.05) is 24.3 Å². The summed E-state index contributed by atoms with van der Waals surface area (Å²) < 4.78 is 0. The van der Waals surface area contributed by atoms with Gasteiger partial charge >= 0.3 is 0 Å². The van der Waals surface area contributed by atoms with Crippen LogP contribution in [0.15, 0.2) is 29.1 Å². The lowest BCUT2D eigenvalue weighted by Crippen LogP contribution is -2.22. The van der Waals surface area contributed by atoms with Gasteiger partial charge in [0.2, 0.25) is 0 Å². The van der Waals surface area contributed by atoms with Crippen molar-refractivity contribution in [3.63, 3.8) is 0 Å². The van der Waals surface area contributed by atoms with Crippen LogP contribution in [0.1, 0.15) is 47.6 Å². The van der Waals surface area contributed by atoms with Gasteiger partial charge in [-0.2, -0.15) is 0 Å². The number of aryl methyl sites for hydroxylation is 2. The zero-order valence-corrected chi connectivity index (χ0v) is 15.6. The molecule has 2 N–H and O–H groups in total. The van der Waals surface area contributed by atoms with E-state index in [0.717, 1.165) is 33.6 Å². The Bertz CT molecular complexity index is 961. The maximum atomic E-state index is 12.6. The third-order valence-corrected chi connectivity index (χ3v) is 6.26. The Kier molecular flexibility index (Phi) is 4.63. The standard InChI is InChI=1S/C19H20ClN3OS/c1-11(12-6-8-13(20)9-7-12)21-10-16-22-18(24)17-14-4-2-3-5-15(14)25-19(17)23-16/h6-9,11,21H,2-5,10H2,1H3,(H,22,23,24)/t11-/m1/s1. The third-order valence-electron chi connectivity index (χ3n) is 4.82. The molecular formula is C19H20ClN3OS. The number of benzene rings is 1. The molecule has 2 heterocycles. The number of H-pyrrole nitrogens is 1. The van der Waals surface area contributed by atoms with Crippen LogP contribution in [0.5, 0.6) is 0 Å². The Morgan fingerprint density at radius 3 is 2.84 bits per heavy atom. The van der Waals surface area contributed by atoms with Gasteiger partial charge in [-0.1, -0.05) is 23.7 Å². The van der Waals surface area contributed by atoms with E-state index in [0.29, 0.717) is 12.4 Å². The van der Waals surface area contributed by atoms with Gasteiger partial charge in [0, 0.05) is 15.9 Å². The average Bonchev–Trinajstić information content (AvgIpc) is 2.99. The molecule has 0 saturated heterocycles. The van der Waals surface area contributed by atoms with E-state index in [2.05, 4.69) is 17.2 Å². The van der Waals surface area contributed by atoms with Crippen molar-refractivity contribution < 1.29 is 0 Å². The summed E-state index contributed by atoms with van der Waals surface area (Å²) in [6.45, 7) is 2.61. The number of hydrogen-bond donors (Lipinski definition) is 2. The molecule has 0 saturated carbocycles. The minimum absolute atomic E-state index is 0.000320. The van der Waals surface area contributed by atoms with Crippen molar-refractivity contribution in [3.8, 4) is 0 Å². The Morgan fingerprint density at radius 2 is 2.04 bits per heavy atom. The number of nitrogens with zero attached hydrogens (tertiary/aromatic N) is 1. The highest BCUT2D eigenvalue weighted by Gasteiger charge is 2.19. The Hall–Kier alpha value is -1.69. The lowest BCUT2D eigenvalue weighted by atomic mass is 9.97.